The Morgan fingerprint density at radius 3 is 2.65 bits per heavy atom. The highest BCUT2D eigenvalue weighted by Gasteiger charge is 2.18. The normalized spacial score (nSPS) is 10.8. The maximum Gasteiger partial charge on any atom is 0.131 e. The summed E-state index contributed by atoms with van der Waals surface area (Å²) in [6, 6.07) is 6.80. The highest BCUT2D eigenvalue weighted by Crippen LogP contribution is 2.43. The Bertz CT molecular complexity index is 534. The molecule has 0 aliphatic rings. The van der Waals surface area contributed by atoms with E-state index in [2.05, 4.69) is 6.92 Å². The van der Waals surface area contributed by atoms with Crippen LogP contribution in [0.2, 0.25) is 0 Å². The largest absolute Gasteiger partial charge is 0.390 e. The van der Waals surface area contributed by atoms with Gasteiger partial charge in [-0.2, -0.15) is 0 Å². The smallest absolute Gasteiger partial charge is 0.131 e. The molecule has 0 atom stereocenters. The van der Waals surface area contributed by atoms with Gasteiger partial charge in [0.2, 0.25) is 0 Å². The van der Waals surface area contributed by atoms with Gasteiger partial charge in [0.05, 0.1) is 9.21 Å². The van der Waals surface area contributed by atoms with Crippen molar-refractivity contribution in [3.05, 3.63) is 35.6 Å². The number of thiophene rings is 1. The van der Waals surface area contributed by atoms with Crippen LogP contribution in [0.5, 0.6) is 0 Å². The number of nitrogens with two attached hydrogens (primary N) is 1. The van der Waals surface area contributed by atoms with Gasteiger partial charge in [-0.05, 0) is 24.3 Å². The number of thioether (sulfide) groups is 1. The number of nitrogen functional groups attached to an aromatic ring is 1. The topological polar surface area (TPSA) is 26.0 Å². The van der Waals surface area contributed by atoms with Crippen LogP contribution in [0.1, 0.15) is 12.5 Å². The zero-order valence-corrected chi connectivity index (χ0v) is 11.4. The molecule has 0 spiro atoms. The Morgan fingerprint density at radius 2 is 2.06 bits per heavy atom. The third-order valence-corrected chi connectivity index (χ3v) is 4.90. The number of rotatable bonds is 3. The highest BCUT2D eigenvalue weighted by molar-refractivity contribution is 8.00. The number of benzene rings is 1. The Balaban J connectivity index is 2.67. The number of anilines is 1. The first-order chi connectivity index (χ1) is 8.19. The van der Waals surface area contributed by atoms with E-state index < -0.39 is 0 Å². The minimum absolute atomic E-state index is 0.209. The van der Waals surface area contributed by atoms with Crippen LogP contribution in [0.15, 0.2) is 28.5 Å². The fourth-order valence-electron chi connectivity index (χ4n) is 1.91. The minimum atomic E-state index is -0.209. The Labute approximate surface area is 109 Å². The van der Waals surface area contributed by atoms with Crippen LogP contribution in [0.25, 0.3) is 11.1 Å². The second kappa shape index (κ2) is 5.10. The van der Waals surface area contributed by atoms with Gasteiger partial charge in [0.1, 0.15) is 5.82 Å². The van der Waals surface area contributed by atoms with Crippen molar-refractivity contribution in [2.24, 2.45) is 0 Å². The van der Waals surface area contributed by atoms with Gasteiger partial charge in [0, 0.05) is 11.1 Å². The first kappa shape index (κ1) is 12.5. The summed E-state index contributed by atoms with van der Waals surface area (Å²) >= 11 is 3.21. The lowest BCUT2D eigenvalue weighted by Gasteiger charge is -2.06. The molecular weight excluding hydrogens is 253 g/mol. The maximum atomic E-state index is 13.8. The van der Waals surface area contributed by atoms with E-state index in [-0.39, 0.29) is 5.82 Å². The molecule has 0 unspecified atom stereocenters. The zero-order chi connectivity index (χ0) is 12.4. The quantitative estimate of drug-likeness (QED) is 0.833. The van der Waals surface area contributed by atoms with E-state index in [9.17, 15) is 4.39 Å². The molecule has 2 aromatic rings. The van der Waals surface area contributed by atoms with E-state index in [1.165, 1.54) is 10.3 Å². The van der Waals surface area contributed by atoms with Crippen LogP contribution in [0.3, 0.4) is 0 Å². The molecule has 0 fully saturated rings. The molecule has 1 aromatic carbocycles. The SMILES string of the molecule is CCc1c(SC)sc(N)c1-c1ccccc1F. The number of hydrogen-bond acceptors (Lipinski definition) is 3. The van der Waals surface area contributed by atoms with Gasteiger partial charge in [-0.15, -0.1) is 23.1 Å². The minimum Gasteiger partial charge on any atom is -0.390 e. The second-order valence-corrected chi connectivity index (χ2v) is 5.77. The molecule has 1 aromatic heterocycles. The van der Waals surface area contributed by atoms with Crippen molar-refractivity contribution in [2.75, 3.05) is 12.0 Å². The summed E-state index contributed by atoms with van der Waals surface area (Å²) in [6.07, 6.45) is 2.89. The summed E-state index contributed by atoms with van der Waals surface area (Å²) in [4.78, 5) is 0. The van der Waals surface area contributed by atoms with E-state index >= 15 is 0 Å². The maximum absolute atomic E-state index is 13.8. The standard InChI is InChI=1S/C13H14FNS2/c1-3-8-11(12(15)17-13(8)16-2)9-6-4-5-7-10(9)14/h4-7H,3,15H2,1-2H3. The van der Waals surface area contributed by atoms with Crippen LogP contribution in [0, 0.1) is 5.82 Å². The predicted octanol–water partition coefficient (Wildman–Crippen LogP) is 4.42. The van der Waals surface area contributed by atoms with Crippen molar-refractivity contribution in [1.82, 2.24) is 0 Å². The summed E-state index contributed by atoms with van der Waals surface area (Å²) < 4.78 is 15.0. The zero-order valence-electron chi connectivity index (χ0n) is 9.79. The average Bonchev–Trinajstić information content (AvgIpc) is 2.66. The molecule has 17 heavy (non-hydrogen) atoms. The van der Waals surface area contributed by atoms with Crippen molar-refractivity contribution in [1.29, 1.82) is 0 Å². The van der Waals surface area contributed by atoms with Crippen LogP contribution in [-0.2, 0) is 6.42 Å². The van der Waals surface area contributed by atoms with Crippen LogP contribution in [-0.4, -0.2) is 6.26 Å². The fourth-order valence-corrected chi connectivity index (χ4v) is 3.91. The van der Waals surface area contributed by atoms with E-state index in [1.54, 1.807) is 35.2 Å². The van der Waals surface area contributed by atoms with Gasteiger partial charge in [0.15, 0.2) is 0 Å². The molecular formula is C13H14FNS2. The third kappa shape index (κ3) is 2.19. The lowest BCUT2D eigenvalue weighted by molar-refractivity contribution is 0.631. The van der Waals surface area contributed by atoms with E-state index in [0.29, 0.717) is 10.6 Å². The monoisotopic (exact) mass is 267 g/mol. The van der Waals surface area contributed by atoms with Gasteiger partial charge in [-0.3, -0.25) is 0 Å². The molecule has 90 valence electrons. The summed E-state index contributed by atoms with van der Waals surface area (Å²) in [5, 5.41) is 0.705. The van der Waals surface area contributed by atoms with Crippen LogP contribution < -0.4 is 5.73 Å². The van der Waals surface area contributed by atoms with Crippen molar-refractivity contribution >= 4 is 28.1 Å². The number of halogens is 1. The highest BCUT2D eigenvalue weighted by atomic mass is 32.2. The predicted molar refractivity (Wildman–Crippen MR) is 75.3 cm³/mol. The van der Waals surface area contributed by atoms with Crippen molar-refractivity contribution < 1.29 is 4.39 Å². The molecule has 0 saturated carbocycles. The van der Waals surface area contributed by atoms with E-state index in [0.717, 1.165) is 17.5 Å². The third-order valence-electron chi connectivity index (χ3n) is 2.68. The van der Waals surface area contributed by atoms with Crippen molar-refractivity contribution in [3.63, 3.8) is 0 Å². The Morgan fingerprint density at radius 1 is 1.35 bits per heavy atom. The van der Waals surface area contributed by atoms with E-state index in [4.69, 9.17) is 5.73 Å². The molecule has 0 aliphatic heterocycles. The van der Waals surface area contributed by atoms with Crippen LogP contribution in [0.4, 0.5) is 9.39 Å². The van der Waals surface area contributed by atoms with Gasteiger partial charge >= 0.3 is 0 Å². The Hall–Kier alpha value is -1.00. The molecule has 0 aliphatic carbocycles. The summed E-state index contributed by atoms with van der Waals surface area (Å²) in [6.45, 7) is 2.07. The first-order valence-electron chi connectivity index (χ1n) is 5.39. The Kier molecular flexibility index (Phi) is 3.74. The molecule has 1 heterocycles. The molecule has 1 nitrogen and oxygen atoms in total. The molecule has 2 rings (SSSR count). The van der Waals surface area contributed by atoms with Gasteiger partial charge in [-0.1, -0.05) is 25.1 Å². The summed E-state index contributed by atoms with van der Waals surface area (Å²) in [5.41, 5.74) is 8.67. The second-order valence-electron chi connectivity index (χ2n) is 3.64. The number of hydrogen-bond donors (Lipinski definition) is 1. The molecule has 0 radical (unpaired) electrons. The van der Waals surface area contributed by atoms with Gasteiger partial charge in [-0.25, -0.2) is 4.39 Å². The lowest BCUT2D eigenvalue weighted by atomic mass is 10.0. The summed E-state index contributed by atoms with van der Waals surface area (Å²) in [5.74, 6) is -0.209. The average molecular weight is 267 g/mol. The molecule has 0 bridgehead atoms. The van der Waals surface area contributed by atoms with Crippen LogP contribution >= 0.6 is 23.1 Å². The molecule has 0 saturated heterocycles. The van der Waals surface area contributed by atoms with Gasteiger partial charge < -0.3 is 5.73 Å². The molecule has 0 amide bonds. The molecule has 2 N–H and O–H groups in total. The lowest BCUT2D eigenvalue weighted by Crippen LogP contribution is -1.91. The van der Waals surface area contributed by atoms with Crippen molar-refractivity contribution in [3.8, 4) is 11.1 Å². The fraction of sp³-hybridized carbons (Fsp3) is 0.231. The van der Waals surface area contributed by atoms with E-state index in [1.807, 2.05) is 12.3 Å². The van der Waals surface area contributed by atoms with Gasteiger partial charge in [0.25, 0.3) is 0 Å². The molecule has 4 heteroatoms. The van der Waals surface area contributed by atoms with Crippen molar-refractivity contribution in [2.45, 2.75) is 17.6 Å². The summed E-state index contributed by atoms with van der Waals surface area (Å²) in [7, 11) is 0. The first-order valence-corrected chi connectivity index (χ1v) is 7.43.